The Labute approximate surface area is 113 Å². The van der Waals surface area contributed by atoms with Gasteiger partial charge in [0.1, 0.15) is 12.2 Å². The Balaban J connectivity index is 4.28. The molecule has 4 heteroatoms. The lowest BCUT2D eigenvalue weighted by atomic mass is 10.1. The van der Waals surface area contributed by atoms with E-state index >= 15 is 0 Å². The summed E-state index contributed by atoms with van der Waals surface area (Å²) in [4.78, 5) is 15.6. The van der Waals surface area contributed by atoms with Crippen molar-refractivity contribution in [1.29, 1.82) is 0 Å². The van der Waals surface area contributed by atoms with E-state index in [1.54, 1.807) is 0 Å². The van der Waals surface area contributed by atoms with Gasteiger partial charge in [-0.05, 0) is 40.0 Å². The van der Waals surface area contributed by atoms with Crippen LogP contribution in [0.2, 0.25) is 0 Å². The molecule has 2 atom stereocenters. The second-order valence-electron chi connectivity index (χ2n) is 6.28. The standard InChI is InChI=1S/C14H32N2O2/c1-11(2)13(9-15(5)6)17-18-14(12(3)4)10-16(7)8/h11-14H,9-10H2,1-8H3. The number of rotatable bonds is 9. The summed E-state index contributed by atoms with van der Waals surface area (Å²) < 4.78 is 0. The van der Waals surface area contributed by atoms with Gasteiger partial charge in [0.05, 0.1) is 0 Å². The van der Waals surface area contributed by atoms with Crippen molar-refractivity contribution < 1.29 is 9.78 Å². The molecule has 0 aromatic carbocycles. The molecule has 0 heterocycles. The van der Waals surface area contributed by atoms with Crippen molar-refractivity contribution in [2.45, 2.75) is 39.9 Å². The van der Waals surface area contributed by atoms with E-state index in [-0.39, 0.29) is 12.2 Å². The fourth-order valence-electron chi connectivity index (χ4n) is 1.57. The molecule has 0 aromatic heterocycles. The van der Waals surface area contributed by atoms with Gasteiger partial charge in [0.15, 0.2) is 0 Å². The van der Waals surface area contributed by atoms with Crippen molar-refractivity contribution in [2.75, 3.05) is 41.3 Å². The van der Waals surface area contributed by atoms with Crippen LogP contribution in [0.15, 0.2) is 0 Å². The molecule has 2 unspecified atom stereocenters. The summed E-state index contributed by atoms with van der Waals surface area (Å²) in [6.07, 6.45) is 0.229. The van der Waals surface area contributed by atoms with Gasteiger partial charge < -0.3 is 9.80 Å². The van der Waals surface area contributed by atoms with Gasteiger partial charge in [-0.3, -0.25) is 0 Å². The zero-order valence-corrected chi connectivity index (χ0v) is 13.4. The van der Waals surface area contributed by atoms with Crippen molar-refractivity contribution in [2.24, 2.45) is 11.8 Å². The summed E-state index contributed by atoms with van der Waals surface area (Å²) >= 11 is 0. The van der Waals surface area contributed by atoms with E-state index in [4.69, 9.17) is 9.78 Å². The Morgan fingerprint density at radius 2 is 0.944 bits per heavy atom. The maximum absolute atomic E-state index is 5.67. The Kier molecular flexibility index (Phi) is 8.78. The third-order valence-electron chi connectivity index (χ3n) is 2.88. The molecule has 4 nitrogen and oxygen atoms in total. The molecule has 0 amide bonds. The normalized spacial score (nSPS) is 16.0. The lowest BCUT2D eigenvalue weighted by Crippen LogP contribution is -2.37. The van der Waals surface area contributed by atoms with E-state index in [0.29, 0.717) is 11.8 Å². The lowest BCUT2D eigenvalue weighted by Gasteiger charge is -2.28. The van der Waals surface area contributed by atoms with Crippen molar-refractivity contribution >= 4 is 0 Å². The van der Waals surface area contributed by atoms with E-state index in [2.05, 4.69) is 65.7 Å². The summed E-state index contributed by atoms with van der Waals surface area (Å²) in [6, 6.07) is 0. The summed E-state index contributed by atoms with van der Waals surface area (Å²) in [5.41, 5.74) is 0. The lowest BCUT2D eigenvalue weighted by molar-refractivity contribution is -0.365. The average Bonchev–Trinajstić information content (AvgIpc) is 2.20. The summed E-state index contributed by atoms with van der Waals surface area (Å²) in [5.74, 6) is 0.888. The highest BCUT2D eigenvalue weighted by molar-refractivity contribution is 4.66. The van der Waals surface area contributed by atoms with Crippen LogP contribution >= 0.6 is 0 Å². The Morgan fingerprint density at radius 3 is 1.11 bits per heavy atom. The Morgan fingerprint density at radius 1 is 0.667 bits per heavy atom. The molecule has 0 aromatic rings. The van der Waals surface area contributed by atoms with Crippen LogP contribution in [0, 0.1) is 11.8 Å². The third kappa shape index (κ3) is 8.03. The largest absolute Gasteiger partial charge is 0.307 e. The first kappa shape index (κ1) is 17.8. The summed E-state index contributed by atoms with van der Waals surface area (Å²) in [6.45, 7) is 10.4. The van der Waals surface area contributed by atoms with Crippen LogP contribution in [-0.2, 0) is 9.78 Å². The first-order chi connectivity index (χ1) is 8.23. The van der Waals surface area contributed by atoms with E-state index < -0.39 is 0 Å². The topological polar surface area (TPSA) is 24.9 Å². The third-order valence-corrected chi connectivity index (χ3v) is 2.88. The molecule has 0 aliphatic carbocycles. The van der Waals surface area contributed by atoms with Gasteiger partial charge in [0.2, 0.25) is 0 Å². The van der Waals surface area contributed by atoms with Crippen LogP contribution in [0.1, 0.15) is 27.7 Å². The van der Waals surface area contributed by atoms with Crippen LogP contribution in [0.5, 0.6) is 0 Å². The summed E-state index contributed by atoms with van der Waals surface area (Å²) in [7, 11) is 8.22. The predicted octanol–water partition coefficient (Wildman–Crippen LogP) is 2.11. The zero-order chi connectivity index (χ0) is 14.3. The molecule has 0 N–H and O–H groups in total. The summed E-state index contributed by atoms with van der Waals surface area (Å²) in [5, 5.41) is 0. The quantitative estimate of drug-likeness (QED) is 0.468. The zero-order valence-electron chi connectivity index (χ0n) is 13.4. The maximum Gasteiger partial charge on any atom is 0.108 e. The number of hydrogen-bond acceptors (Lipinski definition) is 4. The molecule has 0 radical (unpaired) electrons. The molecule has 0 bridgehead atoms. The minimum Gasteiger partial charge on any atom is -0.307 e. The van der Waals surface area contributed by atoms with Crippen LogP contribution in [0.4, 0.5) is 0 Å². The second-order valence-corrected chi connectivity index (χ2v) is 6.28. The van der Waals surface area contributed by atoms with Gasteiger partial charge in [-0.15, -0.1) is 0 Å². The molecule has 0 aliphatic heterocycles. The highest BCUT2D eigenvalue weighted by Gasteiger charge is 2.21. The molecule has 18 heavy (non-hydrogen) atoms. The minimum absolute atomic E-state index is 0.114. The fraction of sp³-hybridized carbons (Fsp3) is 1.00. The van der Waals surface area contributed by atoms with E-state index in [1.165, 1.54) is 0 Å². The predicted molar refractivity (Wildman–Crippen MR) is 76.5 cm³/mol. The van der Waals surface area contributed by atoms with Crippen LogP contribution < -0.4 is 0 Å². The van der Waals surface area contributed by atoms with Crippen molar-refractivity contribution in [3.8, 4) is 0 Å². The molecule has 0 saturated heterocycles. The van der Waals surface area contributed by atoms with Gasteiger partial charge in [0, 0.05) is 13.1 Å². The number of likely N-dealkylation sites (N-methyl/N-ethyl adjacent to an activating group) is 2. The average molecular weight is 260 g/mol. The molecule has 0 saturated carbocycles. The van der Waals surface area contributed by atoms with Gasteiger partial charge in [0.25, 0.3) is 0 Å². The SMILES string of the molecule is CC(C)C(CN(C)C)OOC(CN(C)C)C(C)C. The van der Waals surface area contributed by atoms with E-state index in [0.717, 1.165) is 13.1 Å². The van der Waals surface area contributed by atoms with Gasteiger partial charge in [-0.2, -0.15) is 0 Å². The molecule has 0 fully saturated rings. The molecular weight excluding hydrogens is 228 g/mol. The molecule has 110 valence electrons. The first-order valence-corrected chi connectivity index (χ1v) is 6.85. The number of hydrogen-bond donors (Lipinski definition) is 0. The van der Waals surface area contributed by atoms with Gasteiger partial charge in [-0.1, -0.05) is 27.7 Å². The van der Waals surface area contributed by atoms with Crippen LogP contribution in [0.3, 0.4) is 0 Å². The molecule has 0 spiro atoms. The minimum atomic E-state index is 0.114. The van der Waals surface area contributed by atoms with Gasteiger partial charge >= 0.3 is 0 Å². The van der Waals surface area contributed by atoms with Crippen LogP contribution in [-0.4, -0.2) is 63.3 Å². The van der Waals surface area contributed by atoms with Crippen molar-refractivity contribution in [3.63, 3.8) is 0 Å². The number of nitrogens with zero attached hydrogens (tertiary/aromatic N) is 2. The second kappa shape index (κ2) is 8.86. The molecule has 0 aliphatic rings. The Bertz CT molecular complexity index is 184. The van der Waals surface area contributed by atoms with Crippen molar-refractivity contribution in [3.05, 3.63) is 0 Å². The molecule has 0 rings (SSSR count). The van der Waals surface area contributed by atoms with Crippen molar-refractivity contribution in [1.82, 2.24) is 9.80 Å². The van der Waals surface area contributed by atoms with Gasteiger partial charge in [-0.25, -0.2) is 9.78 Å². The molecular formula is C14H32N2O2. The fourth-order valence-corrected chi connectivity index (χ4v) is 1.57. The smallest absolute Gasteiger partial charge is 0.108 e. The monoisotopic (exact) mass is 260 g/mol. The highest BCUT2D eigenvalue weighted by Crippen LogP contribution is 2.13. The van der Waals surface area contributed by atoms with E-state index in [9.17, 15) is 0 Å². The maximum atomic E-state index is 5.67. The van der Waals surface area contributed by atoms with Crippen LogP contribution in [0.25, 0.3) is 0 Å². The first-order valence-electron chi connectivity index (χ1n) is 6.85. The van der Waals surface area contributed by atoms with E-state index in [1.807, 2.05) is 0 Å². The Hall–Kier alpha value is -0.160. The highest BCUT2D eigenvalue weighted by atomic mass is 17.2.